The smallest absolute Gasteiger partial charge is 0.356 e. The third-order valence-corrected chi connectivity index (χ3v) is 2.02. The molecule has 1 rings (SSSR count). The Morgan fingerprint density at radius 2 is 2.17 bits per heavy atom. The van der Waals surface area contributed by atoms with Crippen molar-refractivity contribution in [3.05, 3.63) is 26.9 Å². The van der Waals surface area contributed by atoms with Gasteiger partial charge in [0.05, 0.1) is 7.11 Å². The molecular formula is C7H5Br2NO2. The first-order valence-electron chi connectivity index (χ1n) is 3.05. The van der Waals surface area contributed by atoms with Crippen LogP contribution in [0, 0.1) is 0 Å². The van der Waals surface area contributed by atoms with E-state index in [2.05, 4.69) is 41.6 Å². The predicted molar refractivity (Wildman–Crippen MR) is 51.0 cm³/mol. The molecule has 0 atom stereocenters. The second-order valence-corrected chi connectivity index (χ2v) is 3.71. The van der Waals surface area contributed by atoms with Crippen LogP contribution in [0.3, 0.4) is 0 Å². The maximum Gasteiger partial charge on any atom is 0.356 e. The molecule has 0 saturated carbocycles. The van der Waals surface area contributed by atoms with Crippen LogP contribution in [-0.2, 0) is 4.74 Å². The lowest BCUT2D eigenvalue weighted by Gasteiger charge is -1.99. The van der Waals surface area contributed by atoms with E-state index in [-0.39, 0.29) is 5.69 Å². The minimum Gasteiger partial charge on any atom is -0.464 e. The number of pyridine rings is 1. The Labute approximate surface area is 86.4 Å². The Bertz CT molecular complexity index is 294. The molecule has 12 heavy (non-hydrogen) atoms. The number of rotatable bonds is 1. The zero-order valence-electron chi connectivity index (χ0n) is 6.17. The predicted octanol–water partition coefficient (Wildman–Crippen LogP) is 2.39. The van der Waals surface area contributed by atoms with Crippen molar-refractivity contribution in [1.82, 2.24) is 4.98 Å². The minimum atomic E-state index is -0.447. The van der Waals surface area contributed by atoms with Crippen LogP contribution in [0.1, 0.15) is 10.5 Å². The number of nitrogens with zero attached hydrogens (tertiary/aromatic N) is 1. The van der Waals surface area contributed by atoms with Crippen LogP contribution in [0.5, 0.6) is 0 Å². The van der Waals surface area contributed by atoms with E-state index in [4.69, 9.17) is 0 Å². The van der Waals surface area contributed by atoms with Crippen LogP contribution in [0.15, 0.2) is 21.2 Å². The Balaban J connectivity index is 3.08. The number of hydrogen-bond acceptors (Lipinski definition) is 3. The topological polar surface area (TPSA) is 39.2 Å². The molecule has 0 amide bonds. The van der Waals surface area contributed by atoms with Crippen LogP contribution in [0.25, 0.3) is 0 Å². The summed E-state index contributed by atoms with van der Waals surface area (Å²) in [6, 6.07) is 3.34. The molecule has 64 valence electrons. The fourth-order valence-corrected chi connectivity index (χ4v) is 1.85. The number of ether oxygens (including phenoxy) is 1. The summed E-state index contributed by atoms with van der Waals surface area (Å²) in [4.78, 5) is 14.9. The van der Waals surface area contributed by atoms with Gasteiger partial charge in [-0.2, -0.15) is 0 Å². The number of carbonyl (C=O) groups excluding carboxylic acids is 1. The van der Waals surface area contributed by atoms with Gasteiger partial charge in [0.15, 0.2) is 5.69 Å². The monoisotopic (exact) mass is 293 g/mol. The highest BCUT2D eigenvalue weighted by Crippen LogP contribution is 2.16. The molecule has 1 aromatic heterocycles. The number of hydrogen-bond donors (Lipinski definition) is 0. The van der Waals surface area contributed by atoms with E-state index in [1.54, 1.807) is 12.1 Å². The molecule has 0 N–H and O–H groups in total. The zero-order valence-corrected chi connectivity index (χ0v) is 9.35. The van der Waals surface area contributed by atoms with Gasteiger partial charge < -0.3 is 4.74 Å². The first kappa shape index (κ1) is 9.67. The molecule has 0 aliphatic rings. The van der Waals surface area contributed by atoms with Crippen LogP contribution in [0.2, 0.25) is 0 Å². The quantitative estimate of drug-likeness (QED) is 0.590. The highest BCUT2D eigenvalue weighted by molar-refractivity contribution is 9.11. The summed E-state index contributed by atoms with van der Waals surface area (Å²) in [5.41, 5.74) is 0.277. The summed E-state index contributed by atoms with van der Waals surface area (Å²) in [7, 11) is 1.32. The van der Waals surface area contributed by atoms with Crippen molar-refractivity contribution in [2.45, 2.75) is 0 Å². The van der Waals surface area contributed by atoms with E-state index in [1.165, 1.54) is 7.11 Å². The molecule has 1 aromatic rings. The standard InChI is InChI=1S/C7H5Br2NO2/c1-12-7(11)5-2-4(8)3-6(9)10-5/h2-3H,1H3. The molecule has 5 heteroatoms. The lowest BCUT2D eigenvalue weighted by molar-refractivity contribution is 0.0593. The van der Waals surface area contributed by atoms with Gasteiger partial charge in [-0.05, 0) is 28.1 Å². The van der Waals surface area contributed by atoms with Gasteiger partial charge in [-0.3, -0.25) is 0 Å². The highest BCUT2D eigenvalue weighted by Gasteiger charge is 2.08. The summed E-state index contributed by atoms with van der Waals surface area (Å²) in [6.45, 7) is 0. The zero-order chi connectivity index (χ0) is 9.14. The Hall–Kier alpha value is -0.420. The van der Waals surface area contributed by atoms with Crippen LogP contribution in [0.4, 0.5) is 0 Å². The number of aromatic nitrogens is 1. The number of halogens is 2. The lowest BCUT2D eigenvalue weighted by atomic mass is 10.4. The number of esters is 1. The van der Waals surface area contributed by atoms with E-state index in [0.717, 1.165) is 4.47 Å². The number of methoxy groups -OCH3 is 1. The molecule has 1 heterocycles. The van der Waals surface area contributed by atoms with Gasteiger partial charge in [-0.15, -0.1) is 0 Å². The number of carbonyl (C=O) groups is 1. The van der Waals surface area contributed by atoms with E-state index in [9.17, 15) is 4.79 Å². The highest BCUT2D eigenvalue weighted by atomic mass is 79.9. The van der Waals surface area contributed by atoms with Crippen LogP contribution < -0.4 is 0 Å². The third kappa shape index (κ3) is 2.28. The molecule has 0 unspecified atom stereocenters. The largest absolute Gasteiger partial charge is 0.464 e. The van der Waals surface area contributed by atoms with E-state index < -0.39 is 5.97 Å². The van der Waals surface area contributed by atoms with Gasteiger partial charge in [0.25, 0.3) is 0 Å². The van der Waals surface area contributed by atoms with Crippen LogP contribution in [-0.4, -0.2) is 18.1 Å². The van der Waals surface area contributed by atoms with Crippen LogP contribution >= 0.6 is 31.9 Å². The first-order chi connectivity index (χ1) is 5.63. The van der Waals surface area contributed by atoms with Crippen molar-refractivity contribution in [3.8, 4) is 0 Å². The molecular weight excluding hydrogens is 290 g/mol. The summed E-state index contributed by atoms with van der Waals surface area (Å²) >= 11 is 6.39. The van der Waals surface area contributed by atoms with Crippen molar-refractivity contribution >= 4 is 37.8 Å². The van der Waals surface area contributed by atoms with Gasteiger partial charge >= 0.3 is 5.97 Å². The first-order valence-corrected chi connectivity index (χ1v) is 4.63. The molecule has 3 nitrogen and oxygen atoms in total. The third-order valence-electron chi connectivity index (χ3n) is 1.15. The van der Waals surface area contributed by atoms with E-state index in [0.29, 0.717) is 4.60 Å². The molecule has 0 radical (unpaired) electrons. The Morgan fingerprint density at radius 1 is 1.50 bits per heavy atom. The second kappa shape index (κ2) is 4.00. The Kier molecular flexibility index (Phi) is 3.22. The normalized spacial score (nSPS) is 9.58. The van der Waals surface area contributed by atoms with Crippen molar-refractivity contribution in [3.63, 3.8) is 0 Å². The summed E-state index contributed by atoms with van der Waals surface area (Å²) in [5.74, 6) is -0.447. The molecule has 0 saturated heterocycles. The Morgan fingerprint density at radius 3 is 2.67 bits per heavy atom. The van der Waals surface area contributed by atoms with Crippen molar-refractivity contribution in [2.75, 3.05) is 7.11 Å². The van der Waals surface area contributed by atoms with Gasteiger partial charge in [-0.25, -0.2) is 9.78 Å². The van der Waals surface area contributed by atoms with E-state index in [1.807, 2.05) is 0 Å². The van der Waals surface area contributed by atoms with Crippen molar-refractivity contribution in [2.24, 2.45) is 0 Å². The minimum absolute atomic E-state index is 0.277. The van der Waals surface area contributed by atoms with E-state index >= 15 is 0 Å². The average molecular weight is 295 g/mol. The summed E-state index contributed by atoms with van der Waals surface area (Å²) < 4.78 is 5.88. The SMILES string of the molecule is COC(=O)c1cc(Br)cc(Br)n1. The molecule has 0 aromatic carbocycles. The fraction of sp³-hybridized carbons (Fsp3) is 0.143. The summed E-state index contributed by atoms with van der Waals surface area (Å²) in [6.07, 6.45) is 0. The van der Waals surface area contributed by atoms with Gasteiger partial charge in [0.2, 0.25) is 0 Å². The summed E-state index contributed by atoms with van der Waals surface area (Å²) in [5, 5.41) is 0. The second-order valence-electron chi connectivity index (χ2n) is 1.98. The molecule has 0 aliphatic heterocycles. The lowest BCUT2D eigenvalue weighted by Crippen LogP contribution is -2.03. The maximum absolute atomic E-state index is 11.0. The molecule has 0 bridgehead atoms. The maximum atomic E-state index is 11.0. The molecule has 0 fully saturated rings. The van der Waals surface area contributed by atoms with Crippen molar-refractivity contribution in [1.29, 1.82) is 0 Å². The van der Waals surface area contributed by atoms with Gasteiger partial charge in [0.1, 0.15) is 4.60 Å². The van der Waals surface area contributed by atoms with Gasteiger partial charge in [-0.1, -0.05) is 15.9 Å². The van der Waals surface area contributed by atoms with Crippen molar-refractivity contribution < 1.29 is 9.53 Å². The molecule has 0 aliphatic carbocycles. The fourth-order valence-electron chi connectivity index (χ4n) is 0.675. The average Bonchev–Trinajstić information content (AvgIpc) is 2.01. The van der Waals surface area contributed by atoms with Gasteiger partial charge in [0, 0.05) is 4.47 Å². The molecule has 0 spiro atoms.